The lowest BCUT2D eigenvalue weighted by molar-refractivity contribution is 0.353. The summed E-state index contributed by atoms with van der Waals surface area (Å²) in [6, 6.07) is 37.6. The van der Waals surface area contributed by atoms with Crippen molar-refractivity contribution in [3.8, 4) is 39.1 Å². The van der Waals surface area contributed by atoms with E-state index in [2.05, 4.69) is 186 Å². The molecule has 0 atom stereocenters. The van der Waals surface area contributed by atoms with E-state index < -0.39 is 8.07 Å². The molecule has 6 rings (SSSR count). The molecular weight excluding hydrogens is 633 g/mol. The van der Waals surface area contributed by atoms with E-state index in [1.807, 2.05) is 6.08 Å². The maximum absolute atomic E-state index is 6.70. The molecule has 0 heterocycles. The molecule has 5 aromatic carbocycles. The Morgan fingerprint density at radius 1 is 0.588 bits per heavy atom. The molecule has 0 aliphatic heterocycles. The van der Waals surface area contributed by atoms with Crippen LogP contribution in [-0.2, 0) is 16.2 Å². The molecule has 0 radical (unpaired) electrons. The molecule has 0 spiro atoms. The van der Waals surface area contributed by atoms with Gasteiger partial charge in [-0.15, -0.1) is 0 Å². The Hall–Kier alpha value is -4.14. The fourth-order valence-electron chi connectivity index (χ4n) is 7.99. The Labute approximate surface area is 309 Å². The third-order valence-electron chi connectivity index (χ3n) is 11.0. The highest BCUT2D eigenvalue weighted by atomic mass is 28.3. The molecule has 0 fully saturated rings. The first-order valence-electron chi connectivity index (χ1n) is 18.7. The van der Waals surface area contributed by atoms with Crippen molar-refractivity contribution in [3.05, 3.63) is 143 Å². The van der Waals surface area contributed by atoms with Gasteiger partial charge in [0, 0.05) is 5.54 Å². The molecule has 0 bridgehead atoms. The summed E-state index contributed by atoms with van der Waals surface area (Å²) in [6.45, 7) is 32.5. The zero-order valence-electron chi connectivity index (χ0n) is 33.2. The first kappa shape index (κ1) is 36.6. The topological polar surface area (TPSA) is 9.23 Å². The van der Waals surface area contributed by atoms with Crippen LogP contribution in [0.5, 0.6) is 5.75 Å². The van der Waals surface area contributed by atoms with Crippen LogP contribution in [0.15, 0.2) is 110 Å². The van der Waals surface area contributed by atoms with Gasteiger partial charge in [0.1, 0.15) is 12.4 Å². The van der Waals surface area contributed by atoms with Gasteiger partial charge in [0.05, 0.1) is 8.07 Å². The number of benzene rings is 5. The summed E-state index contributed by atoms with van der Waals surface area (Å²) in [5.41, 5.74) is 16.4. The minimum Gasteiger partial charge on any atom is -0.489 e. The molecule has 1 aliphatic rings. The second kappa shape index (κ2) is 13.1. The quantitative estimate of drug-likeness (QED) is 0.122. The Balaban J connectivity index is 1.57. The first-order chi connectivity index (χ1) is 23.8. The van der Waals surface area contributed by atoms with Gasteiger partial charge in [0.2, 0.25) is 0 Å². The van der Waals surface area contributed by atoms with Crippen molar-refractivity contribution < 1.29 is 4.74 Å². The normalized spacial score (nSPS) is 13.6. The van der Waals surface area contributed by atoms with Gasteiger partial charge >= 0.3 is 0 Å². The summed E-state index contributed by atoms with van der Waals surface area (Å²) in [4.78, 5) is 0. The summed E-state index contributed by atoms with van der Waals surface area (Å²) < 4.78 is 6.70. The molecule has 0 unspecified atom stereocenters. The van der Waals surface area contributed by atoms with Crippen LogP contribution in [0.4, 0.5) is 0 Å². The third kappa shape index (κ3) is 7.05. The lowest BCUT2D eigenvalue weighted by Gasteiger charge is -2.36. The van der Waals surface area contributed by atoms with Crippen LogP contribution < -0.4 is 9.92 Å². The number of hydrogen-bond donors (Lipinski definition) is 0. The molecule has 264 valence electrons. The van der Waals surface area contributed by atoms with Crippen molar-refractivity contribution in [2.45, 2.75) is 104 Å². The molecule has 0 aromatic heterocycles. The van der Waals surface area contributed by atoms with Crippen molar-refractivity contribution in [1.29, 1.82) is 0 Å². The molecular formula is C49H58OSi. The predicted molar refractivity (Wildman–Crippen MR) is 225 cm³/mol. The molecule has 0 N–H and O–H groups in total. The lowest BCUT2D eigenvalue weighted by Crippen LogP contribution is -2.49. The van der Waals surface area contributed by atoms with Gasteiger partial charge in [0.15, 0.2) is 0 Å². The van der Waals surface area contributed by atoms with E-state index in [-0.39, 0.29) is 21.8 Å². The maximum atomic E-state index is 6.70. The minimum absolute atomic E-state index is 0.0635. The van der Waals surface area contributed by atoms with E-state index >= 15 is 0 Å². The van der Waals surface area contributed by atoms with Crippen molar-refractivity contribution in [2.75, 3.05) is 6.61 Å². The van der Waals surface area contributed by atoms with Crippen LogP contribution in [0, 0.1) is 6.92 Å². The van der Waals surface area contributed by atoms with E-state index in [1.165, 1.54) is 71.9 Å². The summed E-state index contributed by atoms with van der Waals surface area (Å²) in [5.74, 6) is 1.06. The SMILES string of the molecule is C=CCOc1c(C(C)(C)C)cc(C)cc1[Si](C)(C)C1c2cc(-c3ccc(C(C)(C)C)cc3)ccc2-c2ccc(-c3ccc(C(C)(C)C)cc3)cc21. The summed E-state index contributed by atoms with van der Waals surface area (Å²) in [6.07, 6.45) is 1.87. The first-order valence-corrected chi connectivity index (χ1v) is 21.8. The molecule has 51 heavy (non-hydrogen) atoms. The van der Waals surface area contributed by atoms with E-state index in [1.54, 1.807) is 0 Å². The monoisotopic (exact) mass is 690 g/mol. The van der Waals surface area contributed by atoms with Gasteiger partial charge in [-0.05, 0) is 89.6 Å². The molecule has 5 aromatic rings. The van der Waals surface area contributed by atoms with Gasteiger partial charge in [-0.3, -0.25) is 0 Å². The van der Waals surface area contributed by atoms with Gasteiger partial charge < -0.3 is 4.74 Å². The van der Waals surface area contributed by atoms with Crippen LogP contribution in [0.1, 0.15) is 101 Å². The van der Waals surface area contributed by atoms with Gasteiger partial charge in [-0.1, -0.05) is 191 Å². The third-order valence-corrected chi connectivity index (χ3v) is 14.8. The van der Waals surface area contributed by atoms with Gasteiger partial charge in [0.25, 0.3) is 0 Å². The highest BCUT2D eigenvalue weighted by Crippen LogP contribution is 2.52. The Morgan fingerprint density at radius 3 is 1.41 bits per heavy atom. The van der Waals surface area contributed by atoms with Crippen molar-refractivity contribution >= 4 is 13.3 Å². The summed E-state index contributed by atoms with van der Waals surface area (Å²) in [7, 11) is -2.36. The van der Waals surface area contributed by atoms with E-state index in [9.17, 15) is 0 Å². The molecule has 0 amide bonds. The number of fused-ring (bicyclic) bond motifs is 3. The average Bonchev–Trinajstić information content (AvgIpc) is 3.40. The highest BCUT2D eigenvalue weighted by Gasteiger charge is 2.45. The zero-order valence-corrected chi connectivity index (χ0v) is 34.2. The second-order valence-corrected chi connectivity index (χ2v) is 23.0. The van der Waals surface area contributed by atoms with Crippen LogP contribution in [0.25, 0.3) is 33.4 Å². The number of rotatable bonds is 7. The van der Waals surface area contributed by atoms with E-state index in [0.717, 1.165) is 5.75 Å². The van der Waals surface area contributed by atoms with Crippen LogP contribution in [0.2, 0.25) is 13.1 Å². The van der Waals surface area contributed by atoms with E-state index in [4.69, 9.17) is 4.74 Å². The molecule has 2 heteroatoms. The number of ether oxygens (including phenoxy) is 1. The molecule has 0 saturated heterocycles. The Bertz CT molecular complexity index is 1970. The number of hydrogen-bond acceptors (Lipinski definition) is 1. The summed E-state index contributed by atoms with van der Waals surface area (Å²) in [5, 5.41) is 1.39. The van der Waals surface area contributed by atoms with Crippen molar-refractivity contribution in [2.24, 2.45) is 0 Å². The van der Waals surface area contributed by atoms with E-state index in [0.29, 0.717) is 6.61 Å². The van der Waals surface area contributed by atoms with Crippen LogP contribution in [-0.4, -0.2) is 14.7 Å². The smallest absolute Gasteiger partial charge is 0.122 e. The summed E-state index contributed by atoms with van der Waals surface area (Å²) >= 11 is 0. The molecule has 0 saturated carbocycles. The fraction of sp³-hybridized carbons (Fsp3) is 0.347. The minimum atomic E-state index is -2.36. The van der Waals surface area contributed by atoms with Crippen LogP contribution >= 0.6 is 0 Å². The highest BCUT2D eigenvalue weighted by molar-refractivity contribution is 6.92. The van der Waals surface area contributed by atoms with Gasteiger partial charge in [-0.25, -0.2) is 0 Å². The maximum Gasteiger partial charge on any atom is 0.122 e. The predicted octanol–water partition coefficient (Wildman–Crippen LogP) is 13.1. The molecule has 1 nitrogen and oxygen atoms in total. The largest absolute Gasteiger partial charge is 0.489 e. The lowest BCUT2D eigenvalue weighted by atomic mass is 9.85. The zero-order chi connectivity index (χ0) is 37.1. The van der Waals surface area contributed by atoms with Crippen molar-refractivity contribution in [1.82, 2.24) is 0 Å². The number of aryl methyl sites for hydroxylation is 1. The fourth-order valence-corrected chi connectivity index (χ4v) is 11.7. The standard InChI is InChI=1S/C49H58OSi/c1-14-27-50-45-43(49(9,10)11)28-32(2)29-44(45)51(12,13)46-41-30-35(33-15-21-37(22-16-33)47(3,4)5)19-25-39(41)40-26-20-36(31-42(40)46)34-17-23-38(24-18-34)48(6,7)8/h14-26,28-31,46H,1,27H2,2-13H3. The Kier molecular flexibility index (Phi) is 9.43. The Morgan fingerprint density at radius 2 is 1.02 bits per heavy atom. The van der Waals surface area contributed by atoms with Crippen LogP contribution in [0.3, 0.4) is 0 Å². The van der Waals surface area contributed by atoms with Gasteiger partial charge in [-0.2, -0.15) is 0 Å². The average molecular weight is 691 g/mol. The molecule has 1 aliphatic carbocycles. The second-order valence-electron chi connectivity index (χ2n) is 18.5. The van der Waals surface area contributed by atoms with Crippen molar-refractivity contribution in [3.63, 3.8) is 0 Å².